The molecule has 36 heavy (non-hydrogen) atoms. The van der Waals surface area contributed by atoms with E-state index in [0.29, 0.717) is 40.6 Å². The van der Waals surface area contributed by atoms with Gasteiger partial charge < -0.3 is 16.4 Å². The SMILES string of the molecule is CN1c2ccccc2C(NCCCCCCC(=O)Nc2ccccc2N)c2ccc(Cl)cc2S1(=O)=O. The number of benzene rings is 3. The van der Waals surface area contributed by atoms with E-state index in [0.717, 1.165) is 31.2 Å². The van der Waals surface area contributed by atoms with Crippen LogP contribution >= 0.6 is 11.6 Å². The van der Waals surface area contributed by atoms with Gasteiger partial charge in [0, 0.05) is 18.5 Å². The Morgan fingerprint density at radius 2 is 1.69 bits per heavy atom. The average Bonchev–Trinajstić information content (AvgIpc) is 2.93. The predicted octanol–water partition coefficient (Wildman–Crippen LogP) is 5.33. The maximum absolute atomic E-state index is 13.3. The maximum atomic E-state index is 13.3. The van der Waals surface area contributed by atoms with Crippen molar-refractivity contribution in [3.05, 3.63) is 82.9 Å². The van der Waals surface area contributed by atoms with Crippen LogP contribution in [-0.4, -0.2) is 27.9 Å². The molecule has 3 aromatic rings. The van der Waals surface area contributed by atoms with Gasteiger partial charge in [-0.2, -0.15) is 0 Å². The monoisotopic (exact) mass is 526 g/mol. The number of rotatable bonds is 9. The minimum absolute atomic E-state index is 0.0401. The number of unbranched alkanes of at least 4 members (excludes halogenated alkanes) is 3. The first-order valence-corrected chi connectivity index (χ1v) is 13.9. The molecular weight excluding hydrogens is 496 g/mol. The van der Waals surface area contributed by atoms with Gasteiger partial charge in [-0.05, 0) is 60.8 Å². The number of carbonyl (C=O) groups excluding carboxylic acids is 1. The Balaban J connectivity index is 1.34. The second kappa shape index (κ2) is 11.3. The molecule has 0 spiro atoms. The number of amides is 1. The molecule has 7 nitrogen and oxygen atoms in total. The van der Waals surface area contributed by atoms with Crippen LogP contribution in [0.25, 0.3) is 0 Å². The van der Waals surface area contributed by atoms with Gasteiger partial charge in [0.2, 0.25) is 5.91 Å². The number of sulfonamides is 1. The minimum Gasteiger partial charge on any atom is -0.397 e. The lowest BCUT2D eigenvalue weighted by Gasteiger charge is -2.22. The van der Waals surface area contributed by atoms with Crippen molar-refractivity contribution in [3.8, 4) is 0 Å². The van der Waals surface area contributed by atoms with E-state index in [4.69, 9.17) is 17.3 Å². The lowest BCUT2D eigenvalue weighted by atomic mass is 9.96. The molecule has 1 amide bonds. The Morgan fingerprint density at radius 3 is 2.50 bits per heavy atom. The zero-order valence-corrected chi connectivity index (χ0v) is 21.8. The number of nitrogen functional groups attached to an aromatic ring is 1. The van der Waals surface area contributed by atoms with Gasteiger partial charge in [-0.25, -0.2) is 8.42 Å². The summed E-state index contributed by atoms with van der Waals surface area (Å²) in [6.07, 6.45) is 4.00. The van der Waals surface area contributed by atoms with Crippen LogP contribution in [0.15, 0.2) is 71.6 Å². The number of para-hydroxylation sites is 3. The van der Waals surface area contributed by atoms with Crippen molar-refractivity contribution < 1.29 is 13.2 Å². The van der Waals surface area contributed by atoms with Gasteiger partial charge in [0.1, 0.15) is 0 Å². The molecule has 0 fully saturated rings. The summed E-state index contributed by atoms with van der Waals surface area (Å²) in [7, 11) is -2.17. The Labute approximate surface area is 217 Å². The summed E-state index contributed by atoms with van der Waals surface area (Å²) in [5.74, 6) is -0.0401. The summed E-state index contributed by atoms with van der Waals surface area (Å²) < 4.78 is 28.0. The fraction of sp³-hybridized carbons (Fsp3) is 0.296. The van der Waals surface area contributed by atoms with Crippen molar-refractivity contribution >= 4 is 44.6 Å². The van der Waals surface area contributed by atoms with Crippen LogP contribution in [0.5, 0.6) is 0 Å². The number of hydrogen-bond acceptors (Lipinski definition) is 5. The fourth-order valence-electron chi connectivity index (χ4n) is 4.49. The molecule has 190 valence electrons. The molecule has 0 aromatic heterocycles. The number of nitrogens with zero attached hydrogens (tertiary/aromatic N) is 1. The maximum Gasteiger partial charge on any atom is 0.264 e. The smallest absolute Gasteiger partial charge is 0.264 e. The van der Waals surface area contributed by atoms with Crippen molar-refractivity contribution in [2.24, 2.45) is 0 Å². The molecule has 1 aliphatic heterocycles. The molecule has 1 aliphatic rings. The number of carbonyl (C=O) groups is 1. The second-order valence-electron chi connectivity index (χ2n) is 8.90. The Kier molecular flexibility index (Phi) is 8.18. The van der Waals surface area contributed by atoms with Crippen LogP contribution in [0.2, 0.25) is 5.02 Å². The largest absolute Gasteiger partial charge is 0.397 e. The highest BCUT2D eigenvalue weighted by molar-refractivity contribution is 7.92. The molecule has 4 N–H and O–H groups in total. The topological polar surface area (TPSA) is 105 Å². The van der Waals surface area contributed by atoms with E-state index >= 15 is 0 Å². The molecule has 4 rings (SSSR count). The van der Waals surface area contributed by atoms with Crippen molar-refractivity contribution in [3.63, 3.8) is 0 Å². The predicted molar refractivity (Wildman–Crippen MR) is 146 cm³/mol. The van der Waals surface area contributed by atoms with Gasteiger partial charge in [-0.15, -0.1) is 0 Å². The molecule has 1 atom stereocenters. The first kappa shape index (κ1) is 26.0. The van der Waals surface area contributed by atoms with Gasteiger partial charge in [0.25, 0.3) is 10.0 Å². The highest BCUT2D eigenvalue weighted by Crippen LogP contribution is 2.40. The van der Waals surface area contributed by atoms with E-state index in [1.165, 1.54) is 10.4 Å². The van der Waals surface area contributed by atoms with Crippen LogP contribution in [0.3, 0.4) is 0 Å². The molecule has 9 heteroatoms. The third-order valence-corrected chi connectivity index (χ3v) is 8.49. The summed E-state index contributed by atoms with van der Waals surface area (Å²) in [5, 5.41) is 6.80. The summed E-state index contributed by atoms with van der Waals surface area (Å²) in [6.45, 7) is 0.706. The molecule has 0 bridgehead atoms. The van der Waals surface area contributed by atoms with E-state index in [1.54, 1.807) is 31.3 Å². The van der Waals surface area contributed by atoms with Crippen LogP contribution in [0.4, 0.5) is 17.1 Å². The Morgan fingerprint density at radius 1 is 0.972 bits per heavy atom. The molecule has 1 heterocycles. The quantitative estimate of drug-likeness (QED) is 0.258. The van der Waals surface area contributed by atoms with Crippen molar-refractivity contribution in [1.29, 1.82) is 0 Å². The second-order valence-corrected chi connectivity index (χ2v) is 11.3. The van der Waals surface area contributed by atoms with Gasteiger partial charge in [0.05, 0.1) is 28.0 Å². The number of hydrogen-bond donors (Lipinski definition) is 3. The van der Waals surface area contributed by atoms with Crippen LogP contribution in [0.1, 0.15) is 49.3 Å². The standard InChI is InChI=1S/C27H31ClN4O3S/c1-32-24-13-8-5-10-20(24)27(21-16-15-19(28)18-25(21)36(32,34)35)30-17-9-3-2-4-14-26(33)31-23-12-7-6-11-22(23)29/h5-8,10-13,15-16,18,27,30H,2-4,9,14,17,29H2,1H3,(H,31,33). The van der Waals surface area contributed by atoms with Crippen molar-refractivity contribution in [2.45, 2.75) is 43.0 Å². The summed E-state index contributed by atoms with van der Waals surface area (Å²) in [4.78, 5) is 12.4. The first-order chi connectivity index (χ1) is 17.3. The van der Waals surface area contributed by atoms with Crippen LogP contribution in [0, 0.1) is 0 Å². The van der Waals surface area contributed by atoms with E-state index in [2.05, 4.69) is 10.6 Å². The van der Waals surface area contributed by atoms with Crippen molar-refractivity contribution in [1.82, 2.24) is 5.32 Å². The van der Waals surface area contributed by atoms with E-state index < -0.39 is 10.0 Å². The molecular formula is C27H31ClN4O3S. The third-order valence-electron chi connectivity index (χ3n) is 6.43. The number of nitrogens with one attached hydrogen (secondary N) is 2. The zero-order valence-electron chi connectivity index (χ0n) is 20.2. The lowest BCUT2D eigenvalue weighted by Crippen LogP contribution is -2.26. The van der Waals surface area contributed by atoms with Crippen LogP contribution in [-0.2, 0) is 14.8 Å². The highest BCUT2D eigenvalue weighted by atomic mass is 35.5. The molecule has 0 aliphatic carbocycles. The van der Waals surface area contributed by atoms with E-state index in [1.807, 2.05) is 36.4 Å². The van der Waals surface area contributed by atoms with E-state index in [-0.39, 0.29) is 16.8 Å². The van der Waals surface area contributed by atoms with Gasteiger partial charge in [-0.3, -0.25) is 9.10 Å². The number of fused-ring (bicyclic) bond motifs is 2. The first-order valence-electron chi connectivity index (χ1n) is 12.0. The number of halogens is 1. The molecule has 3 aromatic carbocycles. The molecule has 0 radical (unpaired) electrons. The lowest BCUT2D eigenvalue weighted by molar-refractivity contribution is -0.116. The zero-order chi connectivity index (χ0) is 25.7. The third kappa shape index (κ3) is 5.67. The van der Waals surface area contributed by atoms with Crippen molar-refractivity contribution in [2.75, 3.05) is 28.9 Å². The normalized spacial score (nSPS) is 16.1. The Hall–Kier alpha value is -3.07. The molecule has 1 unspecified atom stereocenters. The summed E-state index contributed by atoms with van der Waals surface area (Å²) in [5.41, 5.74) is 9.31. The average molecular weight is 527 g/mol. The number of nitrogens with two attached hydrogens (primary N) is 1. The minimum atomic E-state index is -3.74. The fourth-order valence-corrected chi connectivity index (χ4v) is 6.20. The van der Waals surface area contributed by atoms with E-state index in [9.17, 15) is 13.2 Å². The van der Waals surface area contributed by atoms with Crippen LogP contribution < -0.4 is 20.7 Å². The van der Waals surface area contributed by atoms with Gasteiger partial charge in [0.15, 0.2) is 0 Å². The van der Waals surface area contributed by atoms with Gasteiger partial charge in [-0.1, -0.05) is 60.8 Å². The summed E-state index contributed by atoms with van der Waals surface area (Å²) >= 11 is 6.18. The summed E-state index contributed by atoms with van der Waals surface area (Å²) in [6, 6.07) is 19.5. The highest BCUT2D eigenvalue weighted by Gasteiger charge is 2.34. The molecule has 0 saturated carbocycles. The number of anilines is 3. The Bertz CT molecular complexity index is 1350. The van der Waals surface area contributed by atoms with Gasteiger partial charge >= 0.3 is 0 Å². The molecule has 0 saturated heterocycles.